The van der Waals surface area contributed by atoms with Gasteiger partial charge in [-0.1, -0.05) is 55.3 Å². The van der Waals surface area contributed by atoms with Gasteiger partial charge < -0.3 is 4.98 Å². The molecule has 1 atom stereocenters. The van der Waals surface area contributed by atoms with E-state index < -0.39 is 0 Å². The number of tetrazole rings is 1. The molecule has 5 rings (SSSR count). The van der Waals surface area contributed by atoms with E-state index in [4.69, 9.17) is 0 Å². The maximum absolute atomic E-state index is 13.5. The Morgan fingerprint density at radius 3 is 2.52 bits per heavy atom. The summed E-state index contributed by atoms with van der Waals surface area (Å²) < 4.78 is 1.84. The fourth-order valence-electron chi connectivity index (χ4n) is 4.87. The van der Waals surface area contributed by atoms with E-state index in [1.807, 2.05) is 28.9 Å². The molecule has 2 aromatic carbocycles. The molecule has 0 amide bonds. The van der Waals surface area contributed by atoms with Crippen LogP contribution in [-0.4, -0.2) is 43.2 Å². The number of aromatic amines is 1. The van der Waals surface area contributed by atoms with Gasteiger partial charge in [-0.15, -0.1) is 5.10 Å². The number of nitrogens with one attached hydrogen (secondary N) is 1. The van der Waals surface area contributed by atoms with E-state index in [0.29, 0.717) is 12.1 Å². The lowest BCUT2D eigenvalue weighted by atomic mass is 10.00. The largest absolute Gasteiger partial charge is 0.321 e. The highest BCUT2D eigenvalue weighted by Crippen LogP contribution is 2.30. The van der Waals surface area contributed by atoms with Crippen LogP contribution in [-0.2, 0) is 6.54 Å². The Morgan fingerprint density at radius 1 is 1.00 bits per heavy atom. The number of aryl methyl sites for hydroxylation is 2. The molecule has 0 saturated carbocycles. The molecule has 2 aromatic heterocycles. The zero-order valence-electron chi connectivity index (χ0n) is 19.3. The third kappa shape index (κ3) is 4.33. The fraction of sp³-hybridized carbons (Fsp3) is 0.385. The van der Waals surface area contributed by atoms with Crippen LogP contribution < -0.4 is 5.56 Å². The van der Waals surface area contributed by atoms with Gasteiger partial charge in [0.2, 0.25) is 0 Å². The predicted octanol–water partition coefficient (Wildman–Crippen LogP) is 4.15. The zero-order chi connectivity index (χ0) is 22.8. The van der Waals surface area contributed by atoms with Crippen LogP contribution in [0.15, 0.2) is 53.3 Å². The van der Waals surface area contributed by atoms with Gasteiger partial charge in [0.1, 0.15) is 6.04 Å². The number of rotatable bonds is 5. The van der Waals surface area contributed by atoms with Crippen LogP contribution in [0.2, 0.25) is 0 Å². The highest BCUT2D eigenvalue weighted by molar-refractivity contribution is 5.83. The summed E-state index contributed by atoms with van der Waals surface area (Å²) in [6, 6.07) is 16.1. The summed E-state index contributed by atoms with van der Waals surface area (Å²) in [5.41, 5.74) is 4.94. The summed E-state index contributed by atoms with van der Waals surface area (Å²) in [5.74, 6) is 0.717. The number of fused-ring (bicyclic) bond motifs is 1. The number of aromatic nitrogens is 5. The molecule has 1 aliphatic heterocycles. The summed E-state index contributed by atoms with van der Waals surface area (Å²) in [7, 11) is 0. The number of likely N-dealkylation sites (tertiary alicyclic amines) is 1. The highest BCUT2D eigenvalue weighted by Gasteiger charge is 2.31. The summed E-state index contributed by atoms with van der Waals surface area (Å²) >= 11 is 0. The molecule has 7 nitrogen and oxygen atoms in total. The summed E-state index contributed by atoms with van der Waals surface area (Å²) in [6.45, 7) is 6.54. The summed E-state index contributed by atoms with van der Waals surface area (Å²) in [6.07, 6.45) is 4.65. The van der Waals surface area contributed by atoms with Crippen LogP contribution in [0.3, 0.4) is 0 Å². The van der Waals surface area contributed by atoms with Gasteiger partial charge in [0.05, 0.1) is 12.1 Å². The fourth-order valence-corrected chi connectivity index (χ4v) is 4.87. The second kappa shape index (κ2) is 9.27. The van der Waals surface area contributed by atoms with Crippen molar-refractivity contribution in [3.05, 3.63) is 87.0 Å². The van der Waals surface area contributed by atoms with Crippen molar-refractivity contribution in [3.63, 3.8) is 0 Å². The van der Waals surface area contributed by atoms with E-state index in [1.165, 1.54) is 18.4 Å². The van der Waals surface area contributed by atoms with Crippen molar-refractivity contribution in [2.75, 3.05) is 13.1 Å². The van der Waals surface area contributed by atoms with E-state index in [9.17, 15) is 4.79 Å². The Kier molecular flexibility index (Phi) is 6.05. The molecule has 3 heterocycles. The minimum absolute atomic E-state index is 0.0697. The van der Waals surface area contributed by atoms with Gasteiger partial charge in [0, 0.05) is 5.56 Å². The third-order valence-electron chi connectivity index (χ3n) is 6.86. The maximum Gasteiger partial charge on any atom is 0.253 e. The Morgan fingerprint density at radius 2 is 1.76 bits per heavy atom. The van der Waals surface area contributed by atoms with Crippen LogP contribution in [0.1, 0.15) is 59.8 Å². The number of hydrogen-bond donors (Lipinski definition) is 1. The van der Waals surface area contributed by atoms with Gasteiger partial charge in [0.25, 0.3) is 5.56 Å². The first-order chi connectivity index (χ1) is 16.1. The standard InChI is InChI=1S/C26H30N6O/c1-18-12-13-21-16-22(26(33)27-23(21)19(18)2)24(31-14-8-3-4-9-15-31)25-28-29-30-32(25)17-20-10-6-5-7-11-20/h5-7,10-13,16,24H,3-4,8-9,14-15,17H2,1-2H3,(H,27,33)/t24-/m0/s1. The average molecular weight is 443 g/mol. The van der Waals surface area contributed by atoms with Crippen molar-refractivity contribution < 1.29 is 0 Å². The van der Waals surface area contributed by atoms with Gasteiger partial charge in [-0.2, -0.15) is 0 Å². The molecule has 4 aromatic rings. The van der Waals surface area contributed by atoms with Crippen molar-refractivity contribution >= 4 is 10.9 Å². The second-order valence-corrected chi connectivity index (χ2v) is 9.06. The SMILES string of the molecule is Cc1ccc2cc([C@@H](c3nnnn3Cc3ccccc3)N3CCCCCC3)c(=O)[nH]c2c1C. The molecule has 0 unspecified atom stereocenters. The minimum atomic E-state index is -0.295. The van der Waals surface area contributed by atoms with E-state index >= 15 is 0 Å². The maximum atomic E-state index is 13.5. The molecular weight excluding hydrogens is 412 g/mol. The minimum Gasteiger partial charge on any atom is -0.321 e. The van der Waals surface area contributed by atoms with Crippen LogP contribution in [0, 0.1) is 13.8 Å². The Labute approximate surface area is 193 Å². The average Bonchev–Trinajstić information content (AvgIpc) is 3.10. The van der Waals surface area contributed by atoms with E-state index in [0.717, 1.165) is 53.8 Å². The number of benzene rings is 2. The number of pyridine rings is 1. The third-order valence-corrected chi connectivity index (χ3v) is 6.86. The van der Waals surface area contributed by atoms with Crippen LogP contribution >= 0.6 is 0 Å². The molecule has 1 aliphatic rings. The van der Waals surface area contributed by atoms with Crippen molar-refractivity contribution in [1.29, 1.82) is 0 Å². The first-order valence-corrected chi connectivity index (χ1v) is 11.8. The van der Waals surface area contributed by atoms with Gasteiger partial charge >= 0.3 is 0 Å². The van der Waals surface area contributed by atoms with E-state index in [2.05, 4.69) is 63.5 Å². The quantitative estimate of drug-likeness (QED) is 0.502. The predicted molar refractivity (Wildman–Crippen MR) is 129 cm³/mol. The van der Waals surface area contributed by atoms with Crippen LogP contribution in [0.25, 0.3) is 10.9 Å². The van der Waals surface area contributed by atoms with Crippen LogP contribution in [0.5, 0.6) is 0 Å². The number of hydrogen-bond acceptors (Lipinski definition) is 5. The summed E-state index contributed by atoms with van der Waals surface area (Å²) in [4.78, 5) is 19.0. The highest BCUT2D eigenvalue weighted by atomic mass is 16.1. The lowest BCUT2D eigenvalue weighted by Crippen LogP contribution is -2.36. The molecule has 7 heteroatoms. The van der Waals surface area contributed by atoms with E-state index in [1.54, 1.807) is 0 Å². The molecule has 0 spiro atoms. The van der Waals surface area contributed by atoms with Crippen molar-refractivity contribution in [2.24, 2.45) is 0 Å². The van der Waals surface area contributed by atoms with Gasteiger partial charge in [-0.25, -0.2) is 4.68 Å². The smallest absolute Gasteiger partial charge is 0.253 e. The molecule has 0 aliphatic carbocycles. The van der Waals surface area contributed by atoms with Gasteiger partial charge in [-0.3, -0.25) is 9.69 Å². The molecule has 1 fully saturated rings. The zero-order valence-corrected chi connectivity index (χ0v) is 19.3. The monoisotopic (exact) mass is 442 g/mol. The Balaban J connectivity index is 1.64. The van der Waals surface area contributed by atoms with E-state index in [-0.39, 0.29) is 11.6 Å². The lowest BCUT2D eigenvalue weighted by Gasteiger charge is -2.29. The van der Waals surface area contributed by atoms with Crippen molar-refractivity contribution in [3.8, 4) is 0 Å². The lowest BCUT2D eigenvalue weighted by molar-refractivity contribution is 0.220. The number of H-pyrrole nitrogens is 1. The molecule has 0 radical (unpaired) electrons. The molecule has 1 N–H and O–H groups in total. The Bertz CT molecular complexity index is 1300. The number of nitrogens with zero attached hydrogens (tertiary/aromatic N) is 5. The van der Waals surface area contributed by atoms with Gasteiger partial charge in [-0.05, 0) is 78.3 Å². The van der Waals surface area contributed by atoms with Crippen molar-refractivity contribution in [2.45, 2.75) is 52.1 Å². The summed E-state index contributed by atoms with van der Waals surface area (Å²) in [5, 5.41) is 13.8. The molecular formula is C26H30N6O. The Hall–Kier alpha value is -3.32. The first-order valence-electron chi connectivity index (χ1n) is 11.8. The van der Waals surface area contributed by atoms with Crippen LogP contribution in [0.4, 0.5) is 0 Å². The first kappa shape index (κ1) is 21.5. The van der Waals surface area contributed by atoms with Crippen molar-refractivity contribution in [1.82, 2.24) is 30.1 Å². The molecule has 170 valence electrons. The molecule has 0 bridgehead atoms. The molecule has 33 heavy (non-hydrogen) atoms. The molecule has 1 saturated heterocycles. The normalized spacial score (nSPS) is 16.1. The second-order valence-electron chi connectivity index (χ2n) is 9.06. The topological polar surface area (TPSA) is 79.7 Å². The van der Waals surface area contributed by atoms with Gasteiger partial charge in [0.15, 0.2) is 5.82 Å².